The van der Waals surface area contributed by atoms with E-state index in [0.29, 0.717) is 0 Å². The van der Waals surface area contributed by atoms with E-state index < -0.39 is 0 Å². The number of carbonyl (C=O) groups is 1. The summed E-state index contributed by atoms with van der Waals surface area (Å²) in [7, 11) is 0. The molecule has 0 aromatic carbocycles. The topological polar surface area (TPSA) is 54.4 Å². The fraction of sp³-hybridized carbons (Fsp3) is 0.500. The number of rotatable bonds is 4. The molecular weight excluding hydrogens is 258 g/mol. The minimum absolute atomic E-state index is 0.0614. The van der Waals surface area contributed by atoms with E-state index in [1.54, 1.807) is 6.20 Å². The van der Waals surface area contributed by atoms with Gasteiger partial charge in [-0.25, -0.2) is 10.4 Å². The average Bonchev–Trinajstić information content (AvgIpc) is 2.47. The van der Waals surface area contributed by atoms with Gasteiger partial charge in [0.25, 0.3) is 5.91 Å². The van der Waals surface area contributed by atoms with Gasteiger partial charge in [-0.15, -0.1) is 0 Å². The first kappa shape index (κ1) is 14.1. The molecule has 0 radical (unpaired) electrons. The second-order valence-corrected chi connectivity index (χ2v) is 6.00. The lowest BCUT2D eigenvalue weighted by Crippen LogP contribution is -2.28. The lowest BCUT2D eigenvalue weighted by Gasteiger charge is -2.13. The molecule has 1 aromatic rings. The van der Waals surface area contributed by atoms with Crippen LogP contribution in [0.2, 0.25) is 0 Å². The van der Waals surface area contributed by atoms with E-state index in [4.69, 9.17) is 0 Å². The first-order chi connectivity index (χ1) is 9.25. The van der Waals surface area contributed by atoms with Crippen molar-refractivity contribution in [2.45, 2.75) is 49.3 Å². The van der Waals surface area contributed by atoms with E-state index in [0.717, 1.165) is 23.6 Å². The average molecular weight is 277 g/mol. The van der Waals surface area contributed by atoms with Crippen LogP contribution >= 0.6 is 11.8 Å². The van der Waals surface area contributed by atoms with Crippen LogP contribution in [0.5, 0.6) is 0 Å². The Balaban J connectivity index is 1.82. The summed E-state index contributed by atoms with van der Waals surface area (Å²) in [5.41, 5.74) is 3.79. The molecule has 0 aliphatic heterocycles. The van der Waals surface area contributed by atoms with Crippen molar-refractivity contribution in [1.29, 1.82) is 0 Å². The molecule has 1 fully saturated rings. The summed E-state index contributed by atoms with van der Waals surface area (Å²) in [4.78, 5) is 16.1. The van der Waals surface area contributed by atoms with Crippen LogP contribution in [-0.4, -0.2) is 21.9 Å². The highest BCUT2D eigenvalue weighted by Crippen LogP contribution is 2.20. The number of carbonyl (C=O) groups excluding carboxylic acids is 1. The van der Waals surface area contributed by atoms with E-state index in [9.17, 15) is 4.79 Å². The normalized spacial score (nSPS) is 16.8. The fourth-order valence-electron chi connectivity index (χ4n) is 1.95. The number of amides is 1. The van der Waals surface area contributed by atoms with Crippen molar-refractivity contribution in [3.8, 4) is 0 Å². The van der Waals surface area contributed by atoms with Gasteiger partial charge < -0.3 is 0 Å². The van der Waals surface area contributed by atoms with Gasteiger partial charge >= 0.3 is 0 Å². The quantitative estimate of drug-likeness (QED) is 0.680. The molecule has 102 valence electrons. The summed E-state index contributed by atoms with van der Waals surface area (Å²) < 4.78 is 0. The summed E-state index contributed by atoms with van der Waals surface area (Å²) in [6, 6.07) is 5.69. The first-order valence-corrected chi connectivity index (χ1v) is 7.56. The Morgan fingerprint density at radius 2 is 2.16 bits per heavy atom. The van der Waals surface area contributed by atoms with Crippen LogP contribution < -0.4 is 5.43 Å². The molecule has 2 rings (SSSR count). The molecular formula is C14H19N3OS. The smallest absolute Gasteiger partial charge is 0.253 e. The van der Waals surface area contributed by atoms with E-state index in [1.165, 1.54) is 31.0 Å². The summed E-state index contributed by atoms with van der Waals surface area (Å²) in [5.74, 6) is -0.0614. The van der Waals surface area contributed by atoms with Crippen LogP contribution in [0, 0.1) is 0 Å². The van der Waals surface area contributed by atoms with Gasteiger partial charge in [0.05, 0.1) is 10.3 Å². The van der Waals surface area contributed by atoms with E-state index >= 15 is 0 Å². The second-order valence-electron chi connectivity index (χ2n) is 4.64. The molecule has 5 heteroatoms. The lowest BCUT2D eigenvalue weighted by atomic mass is 9.99. The van der Waals surface area contributed by atoms with Crippen LogP contribution in [0.15, 0.2) is 34.5 Å². The fourth-order valence-corrected chi connectivity index (χ4v) is 2.75. The Morgan fingerprint density at radius 1 is 1.37 bits per heavy atom. The maximum Gasteiger partial charge on any atom is 0.253 e. The van der Waals surface area contributed by atoms with Gasteiger partial charge in [0.15, 0.2) is 0 Å². The van der Waals surface area contributed by atoms with Crippen LogP contribution in [-0.2, 0) is 4.79 Å². The van der Waals surface area contributed by atoms with Crippen molar-refractivity contribution in [2.75, 3.05) is 0 Å². The predicted octanol–water partition coefficient (Wildman–Crippen LogP) is 3.00. The molecule has 1 N–H and O–H groups in total. The number of nitrogens with zero attached hydrogens (tertiary/aromatic N) is 2. The number of hydrogen-bond acceptors (Lipinski definition) is 4. The zero-order valence-corrected chi connectivity index (χ0v) is 11.9. The highest BCUT2D eigenvalue weighted by molar-refractivity contribution is 8.00. The van der Waals surface area contributed by atoms with Crippen molar-refractivity contribution < 1.29 is 4.79 Å². The van der Waals surface area contributed by atoms with Gasteiger partial charge in [-0.1, -0.05) is 24.2 Å². The molecule has 0 bridgehead atoms. The molecule has 19 heavy (non-hydrogen) atoms. The molecule has 0 unspecified atom stereocenters. The highest BCUT2D eigenvalue weighted by atomic mass is 32.2. The van der Waals surface area contributed by atoms with Gasteiger partial charge in [-0.3, -0.25) is 4.79 Å². The summed E-state index contributed by atoms with van der Waals surface area (Å²) >= 11 is 1.45. The van der Waals surface area contributed by atoms with Crippen molar-refractivity contribution in [3.63, 3.8) is 0 Å². The van der Waals surface area contributed by atoms with E-state index in [-0.39, 0.29) is 11.2 Å². The largest absolute Gasteiger partial charge is 0.272 e. The molecule has 1 atom stereocenters. The summed E-state index contributed by atoms with van der Waals surface area (Å²) in [5, 5.41) is 4.89. The Kier molecular flexibility index (Phi) is 5.39. The second kappa shape index (κ2) is 7.28. The summed E-state index contributed by atoms with van der Waals surface area (Å²) in [6.45, 7) is 1.87. The molecule has 1 aliphatic rings. The standard InChI is InChI=1S/C14H19N3OS/c1-11(19-13-9-5-6-10-15-13)14(18)17-16-12-7-3-2-4-8-12/h5-6,9-11H,2-4,7-8H2,1H3,(H,17,18)/t11-/m1/s1. The maximum absolute atomic E-state index is 11.9. The number of aromatic nitrogens is 1. The molecule has 1 aromatic heterocycles. The maximum atomic E-state index is 11.9. The minimum atomic E-state index is -0.192. The van der Waals surface area contributed by atoms with Gasteiger partial charge in [-0.05, 0) is 44.7 Å². The van der Waals surface area contributed by atoms with Gasteiger partial charge in [0, 0.05) is 11.9 Å². The molecule has 1 aliphatic carbocycles. The van der Waals surface area contributed by atoms with Gasteiger partial charge in [0.2, 0.25) is 0 Å². The van der Waals surface area contributed by atoms with Crippen molar-refractivity contribution >= 4 is 23.4 Å². The monoisotopic (exact) mass is 277 g/mol. The van der Waals surface area contributed by atoms with Crippen molar-refractivity contribution in [1.82, 2.24) is 10.4 Å². The van der Waals surface area contributed by atoms with Crippen LogP contribution in [0.3, 0.4) is 0 Å². The molecule has 1 saturated carbocycles. The zero-order chi connectivity index (χ0) is 13.5. The van der Waals surface area contributed by atoms with Crippen LogP contribution in [0.4, 0.5) is 0 Å². The molecule has 1 amide bonds. The Bertz CT molecular complexity index is 439. The molecule has 0 saturated heterocycles. The van der Waals surface area contributed by atoms with Crippen molar-refractivity contribution in [3.05, 3.63) is 24.4 Å². The predicted molar refractivity (Wildman–Crippen MR) is 78.2 cm³/mol. The third kappa shape index (κ3) is 4.67. The van der Waals surface area contributed by atoms with Gasteiger partial charge in [0.1, 0.15) is 0 Å². The first-order valence-electron chi connectivity index (χ1n) is 6.68. The molecule has 1 heterocycles. The Labute approximate surface area is 118 Å². The number of hydrogen-bond donors (Lipinski definition) is 1. The molecule has 4 nitrogen and oxygen atoms in total. The van der Waals surface area contributed by atoms with Gasteiger partial charge in [-0.2, -0.15) is 5.10 Å². The van der Waals surface area contributed by atoms with E-state index in [1.807, 2.05) is 25.1 Å². The zero-order valence-electron chi connectivity index (χ0n) is 11.1. The number of hydrazone groups is 1. The Hall–Kier alpha value is -1.36. The number of pyridine rings is 1. The Morgan fingerprint density at radius 3 is 2.84 bits per heavy atom. The third-order valence-corrected chi connectivity index (χ3v) is 4.11. The summed E-state index contributed by atoms with van der Waals surface area (Å²) in [6.07, 6.45) is 7.41. The molecule has 0 spiro atoms. The minimum Gasteiger partial charge on any atom is -0.272 e. The number of nitrogens with one attached hydrogen (secondary N) is 1. The SMILES string of the molecule is C[C@@H](Sc1ccccn1)C(=O)NN=C1CCCCC1. The van der Waals surface area contributed by atoms with E-state index in [2.05, 4.69) is 15.5 Å². The van der Waals surface area contributed by atoms with Crippen molar-refractivity contribution in [2.24, 2.45) is 5.10 Å². The van der Waals surface area contributed by atoms with Crippen LogP contribution in [0.25, 0.3) is 0 Å². The van der Waals surface area contributed by atoms with Crippen LogP contribution in [0.1, 0.15) is 39.0 Å². The highest BCUT2D eigenvalue weighted by Gasteiger charge is 2.15. The third-order valence-electron chi connectivity index (χ3n) is 3.06. The lowest BCUT2D eigenvalue weighted by molar-refractivity contribution is -0.120. The number of thioether (sulfide) groups is 1.